The van der Waals surface area contributed by atoms with Crippen molar-refractivity contribution in [2.75, 3.05) is 43.3 Å². The lowest BCUT2D eigenvalue weighted by atomic mass is 10.2. The van der Waals surface area contributed by atoms with E-state index in [0.717, 1.165) is 32.7 Å². The Labute approximate surface area is 173 Å². The van der Waals surface area contributed by atoms with E-state index >= 15 is 0 Å². The van der Waals surface area contributed by atoms with E-state index in [9.17, 15) is 13.2 Å². The molecule has 0 aromatic heterocycles. The summed E-state index contributed by atoms with van der Waals surface area (Å²) >= 11 is 0. The summed E-state index contributed by atoms with van der Waals surface area (Å²) in [5.74, 6) is 0.116. The van der Waals surface area contributed by atoms with Crippen LogP contribution >= 0.6 is 0 Å². The SMILES string of the molecule is CS(=O)(=O)N(CCCC(=O)N1CC[NH+](Cc2ccccc2)CC1)c1ccccc1. The predicted molar refractivity (Wildman–Crippen MR) is 115 cm³/mol. The number of benzene rings is 2. The van der Waals surface area contributed by atoms with Crippen molar-refractivity contribution in [3.05, 3.63) is 66.2 Å². The second-order valence-electron chi connectivity index (χ2n) is 7.57. The first-order valence-corrected chi connectivity index (χ1v) is 12.0. The molecule has 3 rings (SSSR count). The Hall–Kier alpha value is -2.38. The van der Waals surface area contributed by atoms with Crippen LogP contribution < -0.4 is 9.21 Å². The molecule has 7 heteroatoms. The summed E-state index contributed by atoms with van der Waals surface area (Å²) < 4.78 is 25.6. The minimum atomic E-state index is -3.37. The quantitative estimate of drug-likeness (QED) is 0.703. The Balaban J connectivity index is 1.45. The van der Waals surface area contributed by atoms with Gasteiger partial charge in [-0.2, -0.15) is 0 Å². The van der Waals surface area contributed by atoms with E-state index in [4.69, 9.17) is 0 Å². The maximum absolute atomic E-state index is 12.6. The fraction of sp³-hybridized carbons (Fsp3) is 0.409. The zero-order valence-electron chi connectivity index (χ0n) is 17.0. The standard InChI is InChI=1S/C22H29N3O3S/c1-29(27,28)25(21-11-6-3-7-12-21)14-8-13-22(26)24-17-15-23(16-18-24)19-20-9-4-2-5-10-20/h2-7,9-12H,8,13-19H2,1H3/p+1. The minimum absolute atomic E-state index is 0.116. The normalized spacial score (nSPS) is 15.3. The number of hydrogen-bond donors (Lipinski definition) is 1. The second-order valence-corrected chi connectivity index (χ2v) is 9.47. The van der Waals surface area contributed by atoms with Crippen LogP contribution in [0.2, 0.25) is 0 Å². The lowest BCUT2D eigenvalue weighted by molar-refractivity contribution is -0.917. The summed E-state index contributed by atoms with van der Waals surface area (Å²) in [5.41, 5.74) is 1.96. The van der Waals surface area contributed by atoms with E-state index in [2.05, 4.69) is 24.3 Å². The molecule has 1 saturated heterocycles. The molecule has 1 amide bonds. The van der Waals surface area contributed by atoms with Crippen LogP contribution in [0, 0.1) is 0 Å². The van der Waals surface area contributed by atoms with Gasteiger partial charge in [-0.3, -0.25) is 9.10 Å². The molecular weight excluding hydrogens is 386 g/mol. The molecule has 29 heavy (non-hydrogen) atoms. The van der Waals surface area contributed by atoms with Crippen molar-refractivity contribution in [1.29, 1.82) is 0 Å². The number of amides is 1. The topological polar surface area (TPSA) is 62.1 Å². The molecule has 0 aliphatic carbocycles. The van der Waals surface area contributed by atoms with Crippen LogP contribution in [0.4, 0.5) is 5.69 Å². The zero-order chi connectivity index (χ0) is 20.7. The number of carbonyl (C=O) groups excluding carboxylic acids is 1. The number of para-hydroxylation sites is 1. The molecule has 2 aromatic rings. The van der Waals surface area contributed by atoms with Gasteiger partial charge in [0.05, 0.1) is 38.1 Å². The van der Waals surface area contributed by atoms with E-state index in [1.54, 1.807) is 12.1 Å². The van der Waals surface area contributed by atoms with E-state index in [1.807, 2.05) is 29.2 Å². The van der Waals surface area contributed by atoms with Crippen molar-refractivity contribution in [1.82, 2.24) is 4.90 Å². The molecule has 1 N–H and O–H groups in total. The van der Waals surface area contributed by atoms with Gasteiger partial charge in [0, 0.05) is 18.5 Å². The van der Waals surface area contributed by atoms with Crippen LogP contribution in [0.25, 0.3) is 0 Å². The summed E-state index contributed by atoms with van der Waals surface area (Å²) in [6.07, 6.45) is 2.08. The molecule has 1 aliphatic heterocycles. The summed E-state index contributed by atoms with van der Waals surface area (Å²) in [7, 11) is -3.37. The molecule has 1 fully saturated rings. The van der Waals surface area contributed by atoms with Gasteiger partial charge in [0.15, 0.2) is 0 Å². The smallest absolute Gasteiger partial charge is 0.232 e. The van der Waals surface area contributed by atoms with Gasteiger partial charge < -0.3 is 9.80 Å². The third-order valence-corrected chi connectivity index (χ3v) is 6.51. The van der Waals surface area contributed by atoms with E-state index in [0.29, 0.717) is 25.1 Å². The minimum Gasteiger partial charge on any atom is -0.331 e. The number of piperazine rings is 1. The fourth-order valence-corrected chi connectivity index (χ4v) is 4.71. The molecule has 0 saturated carbocycles. The van der Waals surface area contributed by atoms with Gasteiger partial charge in [-0.1, -0.05) is 48.5 Å². The number of hydrogen-bond acceptors (Lipinski definition) is 3. The van der Waals surface area contributed by atoms with Gasteiger partial charge in [-0.15, -0.1) is 0 Å². The van der Waals surface area contributed by atoms with Crippen LogP contribution in [-0.4, -0.2) is 58.2 Å². The highest BCUT2D eigenvalue weighted by atomic mass is 32.2. The molecule has 0 unspecified atom stereocenters. The zero-order valence-corrected chi connectivity index (χ0v) is 17.8. The van der Waals surface area contributed by atoms with Gasteiger partial charge in [0.2, 0.25) is 15.9 Å². The Bertz CT molecular complexity index is 880. The van der Waals surface area contributed by atoms with Crippen molar-refractivity contribution in [2.24, 2.45) is 0 Å². The maximum Gasteiger partial charge on any atom is 0.232 e. The Morgan fingerprint density at radius 1 is 1.00 bits per heavy atom. The molecule has 1 heterocycles. The Morgan fingerprint density at radius 3 is 2.17 bits per heavy atom. The van der Waals surface area contributed by atoms with Crippen LogP contribution in [0.3, 0.4) is 0 Å². The third kappa shape index (κ3) is 6.30. The molecule has 0 spiro atoms. The summed E-state index contributed by atoms with van der Waals surface area (Å²) in [6.45, 7) is 4.71. The Kier molecular flexibility index (Phi) is 7.28. The number of nitrogens with zero attached hydrogens (tertiary/aromatic N) is 2. The lowest BCUT2D eigenvalue weighted by Crippen LogP contribution is -3.13. The molecule has 1 aliphatic rings. The second kappa shape index (κ2) is 9.89. The number of anilines is 1. The van der Waals surface area contributed by atoms with E-state index in [1.165, 1.54) is 21.0 Å². The van der Waals surface area contributed by atoms with Crippen LogP contribution in [-0.2, 0) is 21.4 Å². The molecular formula is C22H30N3O3S+. The van der Waals surface area contributed by atoms with E-state index < -0.39 is 10.0 Å². The van der Waals surface area contributed by atoms with Crippen molar-refractivity contribution < 1.29 is 18.1 Å². The molecule has 2 aromatic carbocycles. The molecule has 0 radical (unpaired) electrons. The number of carbonyl (C=O) groups is 1. The largest absolute Gasteiger partial charge is 0.331 e. The first-order valence-electron chi connectivity index (χ1n) is 10.1. The van der Waals surface area contributed by atoms with Crippen LogP contribution in [0.5, 0.6) is 0 Å². The summed E-state index contributed by atoms with van der Waals surface area (Å²) in [6, 6.07) is 19.5. The first kappa shape index (κ1) is 21.3. The third-order valence-electron chi connectivity index (χ3n) is 5.32. The number of rotatable bonds is 8. The highest BCUT2D eigenvalue weighted by Crippen LogP contribution is 2.17. The number of sulfonamides is 1. The molecule has 156 valence electrons. The lowest BCUT2D eigenvalue weighted by Gasteiger charge is -2.32. The van der Waals surface area contributed by atoms with Gasteiger partial charge in [-0.25, -0.2) is 8.42 Å². The average molecular weight is 417 g/mol. The summed E-state index contributed by atoms with van der Waals surface area (Å²) in [4.78, 5) is 16.0. The van der Waals surface area contributed by atoms with Gasteiger partial charge >= 0.3 is 0 Å². The molecule has 0 atom stereocenters. The number of quaternary nitrogens is 1. The van der Waals surface area contributed by atoms with Gasteiger partial charge in [-0.05, 0) is 18.6 Å². The van der Waals surface area contributed by atoms with Crippen molar-refractivity contribution in [3.63, 3.8) is 0 Å². The van der Waals surface area contributed by atoms with Crippen molar-refractivity contribution in [2.45, 2.75) is 19.4 Å². The van der Waals surface area contributed by atoms with Gasteiger partial charge in [0.1, 0.15) is 6.54 Å². The highest BCUT2D eigenvalue weighted by molar-refractivity contribution is 7.92. The van der Waals surface area contributed by atoms with Crippen molar-refractivity contribution in [3.8, 4) is 0 Å². The fourth-order valence-electron chi connectivity index (χ4n) is 3.75. The molecule has 6 nitrogen and oxygen atoms in total. The van der Waals surface area contributed by atoms with Crippen LogP contribution in [0.1, 0.15) is 18.4 Å². The predicted octanol–water partition coefficient (Wildman–Crippen LogP) is 1.16. The van der Waals surface area contributed by atoms with E-state index in [-0.39, 0.29) is 5.91 Å². The Morgan fingerprint density at radius 2 is 1.59 bits per heavy atom. The highest BCUT2D eigenvalue weighted by Gasteiger charge is 2.24. The maximum atomic E-state index is 12.6. The number of nitrogens with one attached hydrogen (secondary N) is 1. The average Bonchev–Trinajstić information content (AvgIpc) is 2.72. The first-order chi connectivity index (χ1) is 13.9. The van der Waals surface area contributed by atoms with Gasteiger partial charge in [0.25, 0.3) is 0 Å². The van der Waals surface area contributed by atoms with Crippen LogP contribution in [0.15, 0.2) is 60.7 Å². The molecule has 0 bridgehead atoms. The van der Waals surface area contributed by atoms with Crippen molar-refractivity contribution >= 4 is 21.6 Å². The monoisotopic (exact) mass is 416 g/mol. The summed E-state index contributed by atoms with van der Waals surface area (Å²) in [5, 5.41) is 0.